The molecule has 1 unspecified atom stereocenters. The fraction of sp³-hybridized carbons (Fsp3) is 0.188. The van der Waals surface area contributed by atoms with Crippen molar-refractivity contribution in [3.05, 3.63) is 45.3 Å². The Morgan fingerprint density at radius 3 is 2.05 bits per heavy atom. The van der Waals surface area contributed by atoms with E-state index in [0.717, 1.165) is 20.0 Å². The standard InChI is InChI=1S/C16H14Br2N2O/c1-19-8-12(21)9-20-15-4-2-10(17)6-13(15)14-7-11(18)3-5-16(14)20/h2-7,12,21H,1,8-9H2. The van der Waals surface area contributed by atoms with Gasteiger partial charge in [0.05, 0.1) is 19.2 Å². The number of rotatable bonds is 4. The van der Waals surface area contributed by atoms with Crippen molar-refractivity contribution in [2.24, 2.45) is 4.99 Å². The summed E-state index contributed by atoms with van der Waals surface area (Å²) in [6, 6.07) is 12.4. The number of hydrogen-bond donors (Lipinski definition) is 1. The third-order valence-corrected chi connectivity index (χ3v) is 4.51. The second-order valence-electron chi connectivity index (χ2n) is 4.99. The highest BCUT2D eigenvalue weighted by Gasteiger charge is 2.14. The molecule has 0 spiro atoms. The van der Waals surface area contributed by atoms with E-state index in [4.69, 9.17) is 0 Å². The highest BCUT2D eigenvalue weighted by molar-refractivity contribution is 9.10. The lowest BCUT2D eigenvalue weighted by Crippen LogP contribution is -2.18. The summed E-state index contributed by atoms with van der Waals surface area (Å²) in [5, 5.41) is 12.4. The normalized spacial score (nSPS) is 12.9. The molecular formula is C16H14Br2N2O. The molecule has 108 valence electrons. The molecule has 0 aliphatic heterocycles. The van der Waals surface area contributed by atoms with E-state index in [2.05, 4.69) is 72.4 Å². The topological polar surface area (TPSA) is 37.5 Å². The van der Waals surface area contributed by atoms with Gasteiger partial charge in [-0.25, -0.2) is 0 Å². The van der Waals surface area contributed by atoms with E-state index >= 15 is 0 Å². The number of aliphatic hydroxyl groups is 1. The van der Waals surface area contributed by atoms with E-state index in [1.165, 1.54) is 10.8 Å². The highest BCUT2D eigenvalue weighted by Crippen LogP contribution is 2.33. The molecule has 1 heterocycles. The molecule has 0 bridgehead atoms. The van der Waals surface area contributed by atoms with Crippen molar-refractivity contribution in [2.45, 2.75) is 12.6 Å². The average molecular weight is 410 g/mol. The van der Waals surface area contributed by atoms with Gasteiger partial charge in [-0.05, 0) is 43.1 Å². The molecule has 0 aliphatic carbocycles. The fourth-order valence-electron chi connectivity index (χ4n) is 2.66. The predicted octanol–water partition coefficient (Wildman–Crippen LogP) is 4.38. The molecule has 0 fully saturated rings. The van der Waals surface area contributed by atoms with Crippen molar-refractivity contribution in [2.75, 3.05) is 6.54 Å². The number of hydrogen-bond acceptors (Lipinski definition) is 2. The van der Waals surface area contributed by atoms with Gasteiger partial charge in [0, 0.05) is 30.8 Å². The van der Waals surface area contributed by atoms with Crippen molar-refractivity contribution < 1.29 is 5.11 Å². The first-order valence-electron chi connectivity index (χ1n) is 6.57. The van der Waals surface area contributed by atoms with Gasteiger partial charge in [0.15, 0.2) is 0 Å². The molecule has 2 aromatic carbocycles. The predicted molar refractivity (Wildman–Crippen MR) is 95.3 cm³/mol. The maximum Gasteiger partial charge on any atom is 0.0913 e. The number of benzene rings is 2. The Morgan fingerprint density at radius 1 is 1.05 bits per heavy atom. The minimum atomic E-state index is -0.534. The Labute approximate surface area is 139 Å². The van der Waals surface area contributed by atoms with Crippen molar-refractivity contribution in [3.63, 3.8) is 0 Å². The van der Waals surface area contributed by atoms with E-state index < -0.39 is 6.10 Å². The Bertz CT molecular complexity index is 767. The number of halogens is 2. The van der Waals surface area contributed by atoms with Crippen LogP contribution in [0.25, 0.3) is 21.8 Å². The van der Waals surface area contributed by atoms with E-state index in [1.807, 2.05) is 12.1 Å². The second kappa shape index (κ2) is 5.91. The van der Waals surface area contributed by atoms with E-state index in [1.54, 1.807) is 0 Å². The van der Waals surface area contributed by atoms with Crippen LogP contribution < -0.4 is 0 Å². The van der Waals surface area contributed by atoms with Crippen LogP contribution in [0.5, 0.6) is 0 Å². The van der Waals surface area contributed by atoms with Crippen LogP contribution in [0, 0.1) is 0 Å². The molecular weight excluding hydrogens is 396 g/mol. The van der Waals surface area contributed by atoms with Crippen LogP contribution in [0.4, 0.5) is 0 Å². The summed E-state index contributed by atoms with van der Waals surface area (Å²) >= 11 is 7.06. The van der Waals surface area contributed by atoms with Crippen LogP contribution in [0.15, 0.2) is 50.3 Å². The second-order valence-corrected chi connectivity index (χ2v) is 6.82. The van der Waals surface area contributed by atoms with Gasteiger partial charge in [0.2, 0.25) is 0 Å². The van der Waals surface area contributed by atoms with Crippen LogP contribution in [-0.4, -0.2) is 29.0 Å². The van der Waals surface area contributed by atoms with Gasteiger partial charge >= 0.3 is 0 Å². The molecule has 1 atom stereocenters. The van der Waals surface area contributed by atoms with Gasteiger partial charge in [0.1, 0.15) is 0 Å². The molecule has 1 N–H and O–H groups in total. The average Bonchev–Trinajstić information content (AvgIpc) is 2.72. The zero-order chi connectivity index (χ0) is 15.0. The quantitative estimate of drug-likeness (QED) is 0.638. The van der Waals surface area contributed by atoms with Crippen molar-refractivity contribution in [1.82, 2.24) is 4.57 Å². The molecule has 0 saturated heterocycles. The lowest BCUT2D eigenvalue weighted by molar-refractivity contribution is 0.166. The van der Waals surface area contributed by atoms with Gasteiger partial charge in [-0.1, -0.05) is 31.9 Å². The molecule has 3 aromatic rings. The molecule has 3 rings (SSSR count). The summed E-state index contributed by atoms with van der Waals surface area (Å²) in [7, 11) is 0. The minimum Gasteiger partial charge on any atom is -0.389 e. The highest BCUT2D eigenvalue weighted by atomic mass is 79.9. The monoisotopic (exact) mass is 408 g/mol. The smallest absolute Gasteiger partial charge is 0.0913 e. The zero-order valence-corrected chi connectivity index (χ0v) is 14.4. The number of aliphatic hydroxyl groups excluding tert-OH is 1. The molecule has 21 heavy (non-hydrogen) atoms. The number of aromatic nitrogens is 1. The van der Waals surface area contributed by atoms with E-state index in [9.17, 15) is 5.11 Å². The number of aliphatic imine (C=N–C) groups is 1. The zero-order valence-electron chi connectivity index (χ0n) is 11.3. The Morgan fingerprint density at radius 2 is 1.57 bits per heavy atom. The summed E-state index contributed by atoms with van der Waals surface area (Å²) in [6.07, 6.45) is -0.534. The molecule has 0 radical (unpaired) electrons. The first-order valence-corrected chi connectivity index (χ1v) is 8.16. The van der Waals surface area contributed by atoms with Crippen molar-refractivity contribution in [3.8, 4) is 0 Å². The van der Waals surface area contributed by atoms with Crippen LogP contribution in [-0.2, 0) is 6.54 Å². The Balaban J connectivity index is 2.27. The van der Waals surface area contributed by atoms with Gasteiger partial charge in [-0.15, -0.1) is 0 Å². The Hall–Kier alpha value is -1.17. The number of fused-ring (bicyclic) bond motifs is 3. The molecule has 5 heteroatoms. The maximum absolute atomic E-state index is 10.1. The molecule has 1 aromatic heterocycles. The minimum absolute atomic E-state index is 0.341. The summed E-state index contributed by atoms with van der Waals surface area (Å²) in [5.74, 6) is 0. The van der Waals surface area contributed by atoms with E-state index in [0.29, 0.717) is 13.1 Å². The third-order valence-electron chi connectivity index (χ3n) is 3.52. The SMILES string of the molecule is C=NCC(O)Cn1c2ccc(Br)cc2c2cc(Br)ccc21. The van der Waals surface area contributed by atoms with Crippen LogP contribution in [0.3, 0.4) is 0 Å². The van der Waals surface area contributed by atoms with Gasteiger partial charge in [-0.3, -0.25) is 4.99 Å². The van der Waals surface area contributed by atoms with Gasteiger partial charge < -0.3 is 9.67 Å². The molecule has 0 saturated carbocycles. The molecule has 3 nitrogen and oxygen atoms in total. The van der Waals surface area contributed by atoms with E-state index in [-0.39, 0.29) is 0 Å². The van der Waals surface area contributed by atoms with Crippen molar-refractivity contribution in [1.29, 1.82) is 0 Å². The summed E-state index contributed by atoms with van der Waals surface area (Å²) in [5.41, 5.74) is 2.21. The van der Waals surface area contributed by atoms with Crippen LogP contribution >= 0.6 is 31.9 Å². The molecule has 0 aliphatic rings. The first-order chi connectivity index (χ1) is 10.1. The van der Waals surface area contributed by atoms with Gasteiger partial charge in [-0.2, -0.15) is 0 Å². The summed E-state index contributed by atoms with van der Waals surface area (Å²) in [4.78, 5) is 3.78. The number of nitrogens with zero attached hydrogens (tertiary/aromatic N) is 2. The summed E-state index contributed by atoms with van der Waals surface area (Å²) < 4.78 is 4.23. The van der Waals surface area contributed by atoms with Crippen LogP contribution in [0.1, 0.15) is 0 Å². The molecule has 0 amide bonds. The summed E-state index contributed by atoms with van der Waals surface area (Å²) in [6.45, 7) is 4.29. The largest absolute Gasteiger partial charge is 0.389 e. The Kier molecular flexibility index (Phi) is 4.15. The van der Waals surface area contributed by atoms with Crippen molar-refractivity contribution >= 4 is 60.4 Å². The van der Waals surface area contributed by atoms with Gasteiger partial charge in [0.25, 0.3) is 0 Å². The maximum atomic E-state index is 10.1. The third kappa shape index (κ3) is 2.78. The first kappa shape index (κ1) is 14.8. The fourth-order valence-corrected chi connectivity index (χ4v) is 3.38. The lowest BCUT2D eigenvalue weighted by atomic mass is 10.2. The lowest BCUT2D eigenvalue weighted by Gasteiger charge is -2.12. The van der Waals surface area contributed by atoms with Crippen LogP contribution in [0.2, 0.25) is 0 Å².